The maximum atomic E-state index is 13.7. The van der Waals surface area contributed by atoms with E-state index < -0.39 is 15.7 Å². The molecule has 1 aromatic heterocycles. The number of hydrogen-bond acceptors (Lipinski definition) is 5. The smallest absolute Gasteiger partial charge is 0.240 e. The van der Waals surface area contributed by atoms with Crippen molar-refractivity contribution >= 4 is 9.84 Å². The molecule has 158 valence electrons. The van der Waals surface area contributed by atoms with Gasteiger partial charge in [0.05, 0.1) is 30.5 Å². The number of rotatable bonds is 6. The number of H-pyrrole nitrogens is 1. The second-order valence-electron chi connectivity index (χ2n) is 6.68. The molecule has 0 saturated carbocycles. The second-order valence-corrected chi connectivity index (χ2v) is 8.55. The summed E-state index contributed by atoms with van der Waals surface area (Å²) in [5.74, 6) is 0.693. The standard InChI is InChI=1S/C23H19FN2O4S/c1-29-18-10-6-15(7-11-18)21-22(16-8-12-19(30-2)13-9-16)26-23(25-21)31(27,28)20-5-3-4-17(24)14-20/h3-14H,1-2H3,(H,25,26). The van der Waals surface area contributed by atoms with Gasteiger partial charge in [0.15, 0.2) is 0 Å². The van der Waals surface area contributed by atoms with Crippen LogP contribution in [0, 0.1) is 5.82 Å². The van der Waals surface area contributed by atoms with Crippen LogP contribution in [-0.4, -0.2) is 32.6 Å². The van der Waals surface area contributed by atoms with Gasteiger partial charge in [0.2, 0.25) is 15.0 Å². The fraction of sp³-hybridized carbons (Fsp3) is 0.0870. The zero-order chi connectivity index (χ0) is 22.0. The third-order valence-electron chi connectivity index (χ3n) is 4.79. The maximum absolute atomic E-state index is 13.7. The van der Waals surface area contributed by atoms with Gasteiger partial charge in [0.25, 0.3) is 0 Å². The van der Waals surface area contributed by atoms with Crippen molar-refractivity contribution in [3.05, 3.63) is 78.6 Å². The van der Waals surface area contributed by atoms with Crippen LogP contribution < -0.4 is 9.47 Å². The number of halogens is 1. The number of benzene rings is 3. The van der Waals surface area contributed by atoms with Crippen LogP contribution in [0.5, 0.6) is 11.5 Å². The summed E-state index contributed by atoms with van der Waals surface area (Å²) in [7, 11) is -0.928. The zero-order valence-electron chi connectivity index (χ0n) is 16.8. The molecule has 1 N–H and O–H groups in total. The summed E-state index contributed by atoms with van der Waals surface area (Å²) in [6.07, 6.45) is 0. The van der Waals surface area contributed by atoms with Crippen molar-refractivity contribution in [2.24, 2.45) is 0 Å². The Kier molecular flexibility index (Phi) is 5.48. The zero-order valence-corrected chi connectivity index (χ0v) is 17.6. The minimum Gasteiger partial charge on any atom is -0.497 e. The molecule has 0 spiro atoms. The first kappa shape index (κ1) is 20.6. The van der Waals surface area contributed by atoms with Crippen molar-refractivity contribution in [1.29, 1.82) is 0 Å². The van der Waals surface area contributed by atoms with Gasteiger partial charge in [-0.3, -0.25) is 0 Å². The minimum absolute atomic E-state index is 0.177. The van der Waals surface area contributed by atoms with E-state index in [1.54, 1.807) is 62.8 Å². The van der Waals surface area contributed by atoms with Gasteiger partial charge in [-0.15, -0.1) is 0 Å². The maximum Gasteiger partial charge on any atom is 0.240 e. The van der Waals surface area contributed by atoms with Crippen LogP contribution in [0.4, 0.5) is 4.39 Å². The first-order valence-corrected chi connectivity index (χ1v) is 10.8. The average Bonchev–Trinajstić information content (AvgIpc) is 3.25. The average molecular weight is 438 g/mol. The van der Waals surface area contributed by atoms with Crippen molar-refractivity contribution in [3.8, 4) is 34.0 Å². The Morgan fingerprint density at radius 3 is 1.97 bits per heavy atom. The van der Waals surface area contributed by atoms with Crippen LogP contribution in [0.3, 0.4) is 0 Å². The van der Waals surface area contributed by atoms with Crippen LogP contribution in [0.1, 0.15) is 0 Å². The predicted molar refractivity (Wildman–Crippen MR) is 114 cm³/mol. The second kappa shape index (κ2) is 8.23. The quantitative estimate of drug-likeness (QED) is 0.471. The summed E-state index contributed by atoms with van der Waals surface area (Å²) in [6.45, 7) is 0. The molecule has 0 amide bonds. The predicted octanol–water partition coefficient (Wildman–Crippen LogP) is 4.73. The van der Waals surface area contributed by atoms with Gasteiger partial charge in [0.1, 0.15) is 17.3 Å². The van der Waals surface area contributed by atoms with Gasteiger partial charge in [-0.1, -0.05) is 6.07 Å². The summed E-state index contributed by atoms with van der Waals surface area (Å²) >= 11 is 0. The Balaban J connectivity index is 1.88. The Hall–Kier alpha value is -3.65. The highest BCUT2D eigenvalue weighted by molar-refractivity contribution is 7.91. The summed E-state index contributed by atoms with van der Waals surface area (Å²) in [6, 6.07) is 19.1. The van der Waals surface area contributed by atoms with E-state index >= 15 is 0 Å². The third kappa shape index (κ3) is 4.02. The molecule has 31 heavy (non-hydrogen) atoms. The van der Waals surface area contributed by atoms with Gasteiger partial charge >= 0.3 is 0 Å². The van der Waals surface area contributed by atoms with E-state index in [0.29, 0.717) is 28.5 Å². The number of aromatic amines is 1. The monoisotopic (exact) mass is 438 g/mol. The van der Waals surface area contributed by atoms with E-state index in [0.717, 1.165) is 11.6 Å². The molecular formula is C23H19FN2O4S. The van der Waals surface area contributed by atoms with E-state index in [4.69, 9.17) is 9.47 Å². The van der Waals surface area contributed by atoms with Gasteiger partial charge < -0.3 is 14.5 Å². The Bertz CT molecular complexity index is 1250. The highest BCUT2D eigenvalue weighted by Crippen LogP contribution is 2.34. The molecule has 3 aromatic carbocycles. The number of methoxy groups -OCH3 is 2. The lowest BCUT2D eigenvalue weighted by molar-refractivity contribution is 0.414. The summed E-state index contributed by atoms with van der Waals surface area (Å²) in [4.78, 5) is 7.14. The third-order valence-corrected chi connectivity index (χ3v) is 6.36. The van der Waals surface area contributed by atoms with E-state index in [1.165, 1.54) is 18.2 Å². The van der Waals surface area contributed by atoms with E-state index in [1.807, 2.05) is 0 Å². The van der Waals surface area contributed by atoms with Crippen LogP contribution in [0.2, 0.25) is 0 Å². The van der Waals surface area contributed by atoms with Crippen molar-refractivity contribution in [2.45, 2.75) is 10.1 Å². The highest BCUT2D eigenvalue weighted by Gasteiger charge is 2.25. The highest BCUT2D eigenvalue weighted by atomic mass is 32.2. The fourth-order valence-electron chi connectivity index (χ4n) is 3.15. The SMILES string of the molecule is COc1ccc(-c2nc(S(=O)(=O)c3cccc(F)c3)[nH]c2-c2ccc(OC)cc2)cc1. The molecule has 0 radical (unpaired) electrons. The number of ether oxygens (including phenoxy) is 2. The summed E-state index contributed by atoms with van der Waals surface area (Å²) in [5, 5.41) is -0.269. The topological polar surface area (TPSA) is 81.3 Å². The number of nitrogens with zero attached hydrogens (tertiary/aromatic N) is 1. The molecule has 0 atom stereocenters. The van der Waals surface area contributed by atoms with Gasteiger partial charge in [0, 0.05) is 11.1 Å². The van der Waals surface area contributed by atoms with E-state index in [9.17, 15) is 12.8 Å². The molecule has 0 aliphatic heterocycles. The van der Waals surface area contributed by atoms with Crippen LogP contribution in [0.15, 0.2) is 82.8 Å². The number of hydrogen-bond donors (Lipinski definition) is 1. The van der Waals surface area contributed by atoms with E-state index in [-0.39, 0.29) is 10.1 Å². The lowest BCUT2D eigenvalue weighted by Crippen LogP contribution is -2.04. The molecule has 4 aromatic rings. The minimum atomic E-state index is -4.06. The van der Waals surface area contributed by atoms with Crippen molar-refractivity contribution in [2.75, 3.05) is 14.2 Å². The molecule has 0 aliphatic rings. The molecule has 1 heterocycles. The number of sulfone groups is 1. The number of nitrogens with one attached hydrogen (secondary N) is 1. The molecule has 0 aliphatic carbocycles. The summed E-state index contributed by atoms with van der Waals surface area (Å²) in [5.41, 5.74) is 2.38. The molecular weight excluding hydrogens is 419 g/mol. The molecule has 6 nitrogen and oxygen atoms in total. The largest absolute Gasteiger partial charge is 0.497 e. The van der Waals surface area contributed by atoms with Crippen LogP contribution in [-0.2, 0) is 9.84 Å². The Labute approximate surface area is 179 Å². The van der Waals surface area contributed by atoms with Crippen LogP contribution in [0.25, 0.3) is 22.5 Å². The normalized spacial score (nSPS) is 11.3. The van der Waals surface area contributed by atoms with Gasteiger partial charge in [-0.25, -0.2) is 17.8 Å². The Morgan fingerprint density at radius 2 is 1.42 bits per heavy atom. The number of aromatic nitrogens is 2. The van der Waals surface area contributed by atoms with E-state index in [2.05, 4.69) is 9.97 Å². The molecule has 8 heteroatoms. The molecule has 4 rings (SSSR count). The summed E-state index contributed by atoms with van der Waals surface area (Å²) < 4.78 is 50.3. The molecule has 0 bridgehead atoms. The van der Waals surface area contributed by atoms with Crippen molar-refractivity contribution in [1.82, 2.24) is 9.97 Å². The van der Waals surface area contributed by atoms with Gasteiger partial charge in [-0.2, -0.15) is 0 Å². The molecule has 0 fully saturated rings. The van der Waals surface area contributed by atoms with Crippen LogP contribution >= 0.6 is 0 Å². The fourth-order valence-corrected chi connectivity index (χ4v) is 4.35. The van der Waals surface area contributed by atoms with Crippen molar-refractivity contribution < 1.29 is 22.3 Å². The first-order valence-electron chi connectivity index (χ1n) is 9.32. The lowest BCUT2D eigenvalue weighted by Gasteiger charge is -2.06. The first-order chi connectivity index (χ1) is 14.9. The van der Waals surface area contributed by atoms with Gasteiger partial charge in [-0.05, 0) is 66.7 Å². The molecule has 0 unspecified atom stereocenters. The molecule has 0 saturated heterocycles. The lowest BCUT2D eigenvalue weighted by atomic mass is 10.0. The van der Waals surface area contributed by atoms with Crippen molar-refractivity contribution in [3.63, 3.8) is 0 Å². The number of imidazole rings is 1. The Morgan fingerprint density at radius 1 is 0.839 bits per heavy atom.